The fourth-order valence-electron chi connectivity index (χ4n) is 4.77. The third kappa shape index (κ3) is 9.85. The number of carbonyl (C=O) groups excluding carboxylic acids is 2. The molecule has 0 saturated heterocycles. The fourth-order valence-corrected chi connectivity index (χ4v) is 6.33. The number of unbranched alkanes of at least 4 members (excludes halogenated alkanes) is 3. The van der Waals surface area contributed by atoms with Gasteiger partial charge in [-0.1, -0.05) is 104 Å². The smallest absolute Gasteiger partial charge is 0.410 e. The Hall–Kier alpha value is -3.45. The number of nitrogens with one attached hydrogen (secondary N) is 2. The van der Waals surface area contributed by atoms with Crippen LogP contribution in [-0.4, -0.2) is 55.1 Å². The largest absolute Gasteiger partial charge is 0.444 e. The van der Waals surface area contributed by atoms with E-state index in [1.54, 1.807) is 11.9 Å². The van der Waals surface area contributed by atoms with E-state index in [1.165, 1.54) is 16.7 Å². The van der Waals surface area contributed by atoms with Crippen LogP contribution in [0.1, 0.15) is 63.1 Å². The van der Waals surface area contributed by atoms with E-state index in [0.29, 0.717) is 19.6 Å². The zero-order valence-electron chi connectivity index (χ0n) is 24.9. The Morgan fingerprint density at radius 1 is 0.732 bits per heavy atom. The molecule has 0 unspecified atom stereocenters. The lowest BCUT2D eigenvalue weighted by atomic mass is 9.84. The number of ether oxygens (including phenoxy) is 1. The van der Waals surface area contributed by atoms with Gasteiger partial charge in [0.25, 0.3) is 0 Å². The Morgan fingerprint density at radius 3 is 1.68 bits per heavy atom. The van der Waals surface area contributed by atoms with Crippen molar-refractivity contribution in [1.82, 2.24) is 15.5 Å². The van der Waals surface area contributed by atoms with Gasteiger partial charge in [-0.25, -0.2) is 9.59 Å². The maximum absolute atomic E-state index is 12.8. The lowest BCUT2D eigenvalue weighted by molar-refractivity contribution is 0.0249. The Bertz CT molecular complexity index is 1090. The molecule has 0 fully saturated rings. The van der Waals surface area contributed by atoms with E-state index in [4.69, 9.17) is 4.74 Å². The summed E-state index contributed by atoms with van der Waals surface area (Å²) in [6.45, 7) is 6.97. The topological polar surface area (TPSA) is 70.7 Å². The van der Waals surface area contributed by atoms with Gasteiger partial charge in [-0.3, -0.25) is 0 Å². The van der Waals surface area contributed by atoms with Gasteiger partial charge in [-0.15, -0.1) is 11.8 Å². The molecule has 3 rings (SSSR count). The average Bonchev–Trinajstić information content (AvgIpc) is 2.98. The summed E-state index contributed by atoms with van der Waals surface area (Å²) in [5.74, 6) is 1.00. The molecule has 3 aromatic rings. The molecule has 0 aliphatic rings. The molecule has 0 aliphatic carbocycles. The molecule has 0 radical (unpaired) electrons. The minimum Gasteiger partial charge on any atom is -0.444 e. The van der Waals surface area contributed by atoms with Crippen molar-refractivity contribution in [2.45, 2.75) is 56.8 Å². The third-order valence-electron chi connectivity index (χ3n) is 6.73. The highest BCUT2D eigenvalue weighted by Gasteiger charge is 2.36. The van der Waals surface area contributed by atoms with Crippen LogP contribution in [0.25, 0.3) is 0 Å². The van der Waals surface area contributed by atoms with Crippen LogP contribution < -0.4 is 10.6 Å². The first-order chi connectivity index (χ1) is 19.8. The van der Waals surface area contributed by atoms with Crippen molar-refractivity contribution in [2.24, 2.45) is 0 Å². The summed E-state index contributed by atoms with van der Waals surface area (Å²) in [6, 6.07) is 32.1. The van der Waals surface area contributed by atoms with Gasteiger partial charge in [0.2, 0.25) is 0 Å². The Balaban J connectivity index is 1.61. The van der Waals surface area contributed by atoms with E-state index >= 15 is 0 Å². The maximum atomic E-state index is 12.8. The minimum absolute atomic E-state index is 0.260. The highest BCUT2D eigenvalue weighted by Crippen LogP contribution is 2.48. The number of hydrogen-bond acceptors (Lipinski definition) is 4. The fraction of sp³-hybridized carbons (Fsp3) is 0.412. The Kier molecular flexibility index (Phi) is 12.6. The molecule has 2 N–H and O–H groups in total. The Morgan fingerprint density at radius 2 is 1.22 bits per heavy atom. The molecule has 41 heavy (non-hydrogen) atoms. The van der Waals surface area contributed by atoms with Crippen molar-refractivity contribution < 1.29 is 14.3 Å². The first kappa shape index (κ1) is 32.1. The van der Waals surface area contributed by atoms with Crippen LogP contribution in [-0.2, 0) is 9.48 Å². The van der Waals surface area contributed by atoms with E-state index in [0.717, 1.165) is 31.4 Å². The van der Waals surface area contributed by atoms with Crippen LogP contribution in [0.2, 0.25) is 0 Å². The highest BCUT2D eigenvalue weighted by molar-refractivity contribution is 8.00. The summed E-state index contributed by atoms with van der Waals surface area (Å²) in [7, 11) is 1.57. The van der Waals surface area contributed by atoms with Crippen molar-refractivity contribution in [3.8, 4) is 0 Å². The van der Waals surface area contributed by atoms with Crippen LogP contribution in [0.4, 0.5) is 9.59 Å². The molecule has 0 spiro atoms. The summed E-state index contributed by atoms with van der Waals surface area (Å²) < 4.78 is 5.30. The van der Waals surface area contributed by atoms with Gasteiger partial charge < -0.3 is 20.3 Å². The molecule has 6 nitrogen and oxygen atoms in total. The summed E-state index contributed by atoms with van der Waals surface area (Å²) in [5, 5.41) is 5.28. The molecule has 0 heterocycles. The molecule has 0 saturated carbocycles. The molecule has 7 heteroatoms. The molecule has 3 amide bonds. The van der Waals surface area contributed by atoms with Crippen molar-refractivity contribution in [1.29, 1.82) is 0 Å². The lowest BCUT2D eigenvalue weighted by Gasteiger charge is -2.35. The zero-order chi connectivity index (χ0) is 29.6. The zero-order valence-corrected chi connectivity index (χ0v) is 25.7. The van der Waals surface area contributed by atoms with Gasteiger partial charge in [0.15, 0.2) is 0 Å². The van der Waals surface area contributed by atoms with Crippen LogP contribution in [0.5, 0.6) is 0 Å². The first-order valence-electron chi connectivity index (χ1n) is 14.5. The van der Waals surface area contributed by atoms with Crippen molar-refractivity contribution >= 4 is 23.9 Å². The van der Waals surface area contributed by atoms with Gasteiger partial charge in [0.1, 0.15) is 5.60 Å². The van der Waals surface area contributed by atoms with Crippen LogP contribution in [0.15, 0.2) is 91.0 Å². The monoisotopic (exact) mass is 575 g/mol. The lowest BCUT2D eigenvalue weighted by Crippen LogP contribution is -2.43. The van der Waals surface area contributed by atoms with E-state index < -0.39 is 5.60 Å². The van der Waals surface area contributed by atoms with E-state index in [1.807, 2.05) is 32.5 Å². The van der Waals surface area contributed by atoms with Gasteiger partial charge in [0, 0.05) is 26.7 Å². The number of benzene rings is 3. The van der Waals surface area contributed by atoms with Crippen LogP contribution >= 0.6 is 11.8 Å². The number of urea groups is 1. The van der Waals surface area contributed by atoms with E-state index in [9.17, 15) is 9.59 Å². The molecule has 0 aromatic heterocycles. The normalized spacial score (nSPS) is 11.5. The van der Waals surface area contributed by atoms with E-state index in [2.05, 4.69) is 102 Å². The van der Waals surface area contributed by atoms with Gasteiger partial charge in [-0.2, -0.15) is 0 Å². The summed E-state index contributed by atoms with van der Waals surface area (Å²) in [4.78, 5) is 26.0. The minimum atomic E-state index is -0.566. The number of carbonyl (C=O) groups is 2. The summed E-state index contributed by atoms with van der Waals surface area (Å²) >= 11 is 1.99. The van der Waals surface area contributed by atoms with Crippen LogP contribution in [0.3, 0.4) is 0 Å². The number of hydrogen-bond donors (Lipinski definition) is 2. The van der Waals surface area contributed by atoms with Crippen molar-refractivity contribution in [2.75, 3.05) is 32.4 Å². The van der Waals surface area contributed by atoms with Crippen LogP contribution in [0, 0.1) is 0 Å². The molecular weight excluding hydrogens is 530 g/mol. The SMILES string of the molecule is CNC(=O)NCCN(CCCCCCSC(c1ccccc1)(c1ccccc1)c1ccccc1)C(=O)OC(C)(C)C. The first-order valence-corrected chi connectivity index (χ1v) is 15.5. The second-order valence-corrected chi connectivity index (χ2v) is 12.3. The Labute approximate surface area is 250 Å². The van der Waals surface area contributed by atoms with Gasteiger partial charge >= 0.3 is 12.1 Å². The number of rotatable bonds is 14. The second kappa shape index (κ2) is 16.1. The molecule has 0 aliphatic heterocycles. The average molecular weight is 576 g/mol. The molecule has 220 valence electrons. The molecule has 0 bridgehead atoms. The molecule has 0 atom stereocenters. The van der Waals surface area contributed by atoms with Gasteiger partial charge in [-0.05, 0) is 56.1 Å². The molecule has 3 aromatic carbocycles. The third-order valence-corrected chi connectivity index (χ3v) is 8.36. The van der Waals surface area contributed by atoms with Crippen molar-refractivity contribution in [3.63, 3.8) is 0 Å². The number of thioether (sulfide) groups is 1. The van der Waals surface area contributed by atoms with Gasteiger partial charge in [0.05, 0.1) is 4.75 Å². The molecular formula is C34H45N3O3S. The second-order valence-electron chi connectivity index (χ2n) is 11.0. The highest BCUT2D eigenvalue weighted by atomic mass is 32.2. The van der Waals surface area contributed by atoms with Crippen molar-refractivity contribution in [3.05, 3.63) is 108 Å². The summed E-state index contributed by atoms with van der Waals surface area (Å²) in [6.07, 6.45) is 3.69. The predicted molar refractivity (Wildman–Crippen MR) is 170 cm³/mol. The predicted octanol–water partition coefficient (Wildman–Crippen LogP) is 7.44. The standard InChI is InChI=1S/C34H45N3O3S/c1-33(2,3)40-32(39)37(26-24-36-31(38)35-4)25-16-5-6-17-27-41-34(28-18-10-7-11-19-28,29-20-12-8-13-21-29)30-22-14-9-15-23-30/h7-15,18-23H,5-6,16-17,24-27H2,1-4H3,(H2,35,36,38). The number of amides is 3. The quantitative estimate of drug-likeness (QED) is 0.155. The maximum Gasteiger partial charge on any atom is 0.410 e. The van der Waals surface area contributed by atoms with E-state index in [-0.39, 0.29) is 16.9 Å². The number of nitrogens with zero attached hydrogens (tertiary/aromatic N) is 1. The summed E-state index contributed by atoms with van der Waals surface area (Å²) in [5.41, 5.74) is 3.27.